The molecular formula is C12H15N5O. The van der Waals surface area contributed by atoms with E-state index in [0.29, 0.717) is 17.4 Å². The van der Waals surface area contributed by atoms with Gasteiger partial charge in [-0.25, -0.2) is 15.8 Å². The SMILES string of the molecule is CCc1nc(C)ccc1Oc1cc(NN)ncn1. The highest BCUT2D eigenvalue weighted by molar-refractivity contribution is 5.38. The van der Waals surface area contributed by atoms with Crippen LogP contribution < -0.4 is 16.0 Å². The molecule has 0 bridgehead atoms. The first-order valence-corrected chi connectivity index (χ1v) is 5.66. The van der Waals surface area contributed by atoms with E-state index >= 15 is 0 Å². The number of nitrogen functional groups attached to an aromatic ring is 1. The highest BCUT2D eigenvalue weighted by Gasteiger charge is 2.07. The Morgan fingerprint density at radius 1 is 1.33 bits per heavy atom. The molecule has 0 atom stereocenters. The first-order chi connectivity index (χ1) is 8.72. The summed E-state index contributed by atoms with van der Waals surface area (Å²) >= 11 is 0. The number of hydrogen-bond acceptors (Lipinski definition) is 6. The van der Waals surface area contributed by atoms with Gasteiger partial charge in [0, 0.05) is 11.8 Å². The summed E-state index contributed by atoms with van der Waals surface area (Å²) in [6.07, 6.45) is 2.18. The van der Waals surface area contributed by atoms with Gasteiger partial charge in [-0.15, -0.1) is 0 Å². The second-order valence-electron chi connectivity index (χ2n) is 3.74. The lowest BCUT2D eigenvalue weighted by Gasteiger charge is -2.09. The van der Waals surface area contributed by atoms with E-state index in [-0.39, 0.29) is 0 Å². The summed E-state index contributed by atoms with van der Waals surface area (Å²) in [7, 11) is 0. The van der Waals surface area contributed by atoms with Crippen LogP contribution in [0.15, 0.2) is 24.5 Å². The quantitative estimate of drug-likeness (QED) is 0.631. The summed E-state index contributed by atoms with van der Waals surface area (Å²) in [5.74, 6) is 6.91. The minimum absolute atomic E-state index is 0.429. The highest BCUT2D eigenvalue weighted by atomic mass is 16.5. The molecule has 0 saturated carbocycles. The van der Waals surface area contributed by atoms with Crippen molar-refractivity contribution < 1.29 is 4.74 Å². The minimum atomic E-state index is 0.429. The number of nitrogens with zero attached hydrogens (tertiary/aromatic N) is 3. The van der Waals surface area contributed by atoms with Crippen molar-refractivity contribution in [1.29, 1.82) is 0 Å². The van der Waals surface area contributed by atoms with E-state index in [0.717, 1.165) is 17.8 Å². The molecule has 18 heavy (non-hydrogen) atoms. The van der Waals surface area contributed by atoms with E-state index in [1.165, 1.54) is 6.33 Å². The second kappa shape index (κ2) is 5.42. The molecule has 2 heterocycles. The Hall–Kier alpha value is -2.21. The van der Waals surface area contributed by atoms with Crippen molar-refractivity contribution in [2.75, 3.05) is 5.43 Å². The van der Waals surface area contributed by atoms with Crippen molar-refractivity contribution in [2.45, 2.75) is 20.3 Å². The number of aryl methyl sites for hydroxylation is 2. The molecule has 2 aromatic rings. The van der Waals surface area contributed by atoms with Gasteiger partial charge < -0.3 is 10.2 Å². The maximum atomic E-state index is 5.69. The van der Waals surface area contributed by atoms with Gasteiger partial charge in [-0.2, -0.15) is 0 Å². The van der Waals surface area contributed by atoms with Crippen molar-refractivity contribution in [1.82, 2.24) is 15.0 Å². The summed E-state index contributed by atoms with van der Waals surface area (Å²) in [5.41, 5.74) is 4.31. The molecule has 0 aliphatic carbocycles. The molecule has 0 aromatic carbocycles. The summed E-state index contributed by atoms with van der Waals surface area (Å²) in [6.45, 7) is 3.98. The van der Waals surface area contributed by atoms with Crippen molar-refractivity contribution in [3.63, 3.8) is 0 Å². The number of hydrogen-bond donors (Lipinski definition) is 2. The third-order valence-electron chi connectivity index (χ3n) is 2.41. The maximum absolute atomic E-state index is 5.69. The van der Waals surface area contributed by atoms with Gasteiger partial charge in [-0.05, 0) is 25.5 Å². The van der Waals surface area contributed by atoms with E-state index in [4.69, 9.17) is 10.6 Å². The van der Waals surface area contributed by atoms with Gasteiger partial charge >= 0.3 is 0 Å². The average Bonchev–Trinajstić information content (AvgIpc) is 2.41. The zero-order valence-corrected chi connectivity index (χ0v) is 10.3. The number of nitrogens with one attached hydrogen (secondary N) is 1. The topological polar surface area (TPSA) is 86.0 Å². The van der Waals surface area contributed by atoms with Crippen LogP contribution in [-0.2, 0) is 6.42 Å². The summed E-state index contributed by atoms with van der Waals surface area (Å²) < 4.78 is 5.69. The lowest BCUT2D eigenvalue weighted by atomic mass is 10.2. The molecule has 2 rings (SSSR count). The van der Waals surface area contributed by atoms with Gasteiger partial charge in [0.15, 0.2) is 5.75 Å². The van der Waals surface area contributed by atoms with Crippen LogP contribution in [0.25, 0.3) is 0 Å². The fraction of sp³-hybridized carbons (Fsp3) is 0.250. The number of pyridine rings is 1. The Balaban J connectivity index is 2.27. The zero-order chi connectivity index (χ0) is 13.0. The monoisotopic (exact) mass is 245 g/mol. The minimum Gasteiger partial charge on any atom is -0.437 e. The molecule has 0 aliphatic heterocycles. The number of aromatic nitrogens is 3. The Morgan fingerprint density at radius 3 is 2.89 bits per heavy atom. The first kappa shape index (κ1) is 12.3. The first-order valence-electron chi connectivity index (χ1n) is 5.66. The van der Waals surface area contributed by atoms with Crippen molar-refractivity contribution in [3.8, 4) is 11.6 Å². The predicted molar refractivity (Wildman–Crippen MR) is 68.3 cm³/mol. The molecule has 6 nitrogen and oxygen atoms in total. The van der Waals surface area contributed by atoms with Gasteiger partial charge in [0.05, 0.1) is 5.69 Å². The Labute approximate surface area is 105 Å². The smallest absolute Gasteiger partial charge is 0.224 e. The third kappa shape index (κ3) is 2.72. The van der Waals surface area contributed by atoms with Gasteiger partial charge in [0.1, 0.15) is 12.1 Å². The molecule has 94 valence electrons. The molecule has 0 radical (unpaired) electrons. The fourth-order valence-electron chi connectivity index (χ4n) is 1.53. The van der Waals surface area contributed by atoms with E-state index in [9.17, 15) is 0 Å². The van der Waals surface area contributed by atoms with Gasteiger partial charge in [0.25, 0.3) is 0 Å². The molecule has 2 aromatic heterocycles. The summed E-state index contributed by atoms with van der Waals surface area (Å²) in [6, 6.07) is 5.41. The molecule has 0 aliphatic rings. The van der Waals surface area contributed by atoms with Gasteiger partial charge in [-0.1, -0.05) is 6.92 Å². The maximum Gasteiger partial charge on any atom is 0.224 e. The molecular weight excluding hydrogens is 230 g/mol. The lowest BCUT2D eigenvalue weighted by Crippen LogP contribution is -2.08. The predicted octanol–water partition coefficient (Wildman–Crippen LogP) is 1.82. The van der Waals surface area contributed by atoms with Crippen LogP contribution in [0.5, 0.6) is 11.6 Å². The van der Waals surface area contributed by atoms with E-state index < -0.39 is 0 Å². The molecule has 3 N–H and O–H groups in total. The van der Waals surface area contributed by atoms with Crippen molar-refractivity contribution in [2.24, 2.45) is 5.84 Å². The normalized spacial score (nSPS) is 10.2. The van der Waals surface area contributed by atoms with Crippen LogP contribution in [0.3, 0.4) is 0 Å². The molecule has 6 heteroatoms. The summed E-state index contributed by atoms with van der Waals surface area (Å²) in [5, 5.41) is 0. The Kier molecular flexibility index (Phi) is 3.69. The zero-order valence-electron chi connectivity index (χ0n) is 10.3. The number of hydrazine groups is 1. The summed E-state index contributed by atoms with van der Waals surface area (Å²) in [4.78, 5) is 12.4. The lowest BCUT2D eigenvalue weighted by molar-refractivity contribution is 0.453. The number of rotatable bonds is 4. The van der Waals surface area contributed by atoms with Crippen LogP contribution in [0.2, 0.25) is 0 Å². The van der Waals surface area contributed by atoms with Crippen molar-refractivity contribution in [3.05, 3.63) is 35.9 Å². The molecule has 0 spiro atoms. The van der Waals surface area contributed by atoms with Crippen LogP contribution in [0, 0.1) is 6.92 Å². The molecule has 0 saturated heterocycles. The molecule has 0 unspecified atom stereocenters. The highest BCUT2D eigenvalue weighted by Crippen LogP contribution is 2.24. The van der Waals surface area contributed by atoms with Crippen molar-refractivity contribution >= 4 is 5.82 Å². The van der Waals surface area contributed by atoms with Gasteiger partial charge in [-0.3, -0.25) is 4.98 Å². The van der Waals surface area contributed by atoms with E-state index in [2.05, 4.69) is 20.4 Å². The second-order valence-corrected chi connectivity index (χ2v) is 3.74. The fourth-order valence-corrected chi connectivity index (χ4v) is 1.53. The molecule has 0 amide bonds. The molecule has 0 fully saturated rings. The van der Waals surface area contributed by atoms with Crippen LogP contribution in [0.1, 0.15) is 18.3 Å². The Morgan fingerprint density at radius 2 is 2.17 bits per heavy atom. The standard InChI is InChI=1S/C12H15N5O/c1-3-9-10(5-4-8(2)16-9)18-12-6-11(17-13)14-7-15-12/h4-7H,3,13H2,1-2H3,(H,14,15,17). The number of anilines is 1. The third-order valence-corrected chi connectivity index (χ3v) is 2.41. The van der Waals surface area contributed by atoms with Crippen LogP contribution in [-0.4, -0.2) is 15.0 Å². The Bertz CT molecular complexity index is 544. The average molecular weight is 245 g/mol. The van der Waals surface area contributed by atoms with Gasteiger partial charge in [0.2, 0.25) is 5.88 Å². The van der Waals surface area contributed by atoms with Crippen LogP contribution >= 0.6 is 0 Å². The van der Waals surface area contributed by atoms with Crippen LogP contribution in [0.4, 0.5) is 5.82 Å². The number of ether oxygens (including phenoxy) is 1. The largest absolute Gasteiger partial charge is 0.437 e. The number of nitrogens with two attached hydrogens (primary N) is 1. The van der Waals surface area contributed by atoms with E-state index in [1.807, 2.05) is 26.0 Å². The van der Waals surface area contributed by atoms with E-state index in [1.54, 1.807) is 6.07 Å².